The predicted molar refractivity (Wildman–Crippen MR) is 66.0 cm³/mol. The molecule has 0 atom stereocenters. The molecular formula is C14H10FNO. The minimum Gasteiger partial charge on any atom is -0.456 e. The second-order valence-corrected chi connectivity index (χ2v) is 3.88. The van der Waals surface area contributed by atoms with Crippen LogP contribution in [0.4, 0.5) is 10.1 Å². The maximum absolute atomic E-state index is 13.0. The van der Waals surface area contributed by atoms with Gasteiger partial charge in [0, 0.05) is 16.6 Å². The number of nitrogens with two attached hydrogens (primary N) is 1. The molecule has 2 N–H and O–H groups in total. The first-order chi connectivity index (χ1) is 8.24. The summed E-state index contributed by atoms with van der Waals surface area (Å²) in [7, 11) is 0. The Balaban J connectivity index is 2.20. The largest absolute Gasteiger partial charge is 0.456 e. The normalized spacial score (nSPS) is 10.9. The first-order valence-electron chi connectivity index (χ1n) is 5.28. The van der Waals surface area contributed by atoms with Crippen molar-refractivity contribution in [3.63, 3.8) is 0 Å². The number of furan rings is 1. The smallest absolute Gasteiger partial charge is 0.137 e. The summed E-state index contributed by atoms with van der Waals surface area (Å²) >= 11 is 0. The average Bonchev–Trinajstić information content (AvgIpc) is 2.72. The number of benzene rings is 2. The van der Waals surface area contributed by atoms with Gasteiger partial charge in [0.25, 0.3) is 0 Å². The van der Waals surface area contributed by atoms with Gasteiger partial charge in [0.2, 0.25) is 0 Å². The van der Waals surface area contributed by atoms with Crippen molar-refractivity contribution in [1.29, 1.82) is 0 Å². The molecule has 0 unspecified atom stereocenters. The lowest BCUT2D eigenvalue weighted by molar-refractivity contribution is 0.624. The molecule has 3 rings (SSSR count). The van der Waals surface area contributed by atoms with Crippen molar-refractivity contribution in [2.24, 2.45) is 0 Å². The predicted octanol–water partition coefficient (Wildman–Crippen LogP) is 3.82. The average molecular weight is 227 g/mol. The molecule has 3 heteroatoms. The van der Waals surface area contributed by atoms with Crippen molar-refractivity contribution in [2.45, 2.75) is 0 Å². The summed E-state index contributed by atoms with van der Waals surface area (Å²) in [6.07, 6.45) is 0. The van der Waals surface area contributed by atoms with E-state index in [-0.39, 0.29) is 5.82 Å². The Hall–Kier alpha value is -2.29. The van der Waals surface area contributed by atoms with Crippen LogP contribution in [0.15, 0.2) is 52.9 Å². The van der Waals surface area contributed by atoms with Crippen LogP contribution in [-0.2, 0) is 0 Å². The summed E-state index contributed by atoms with van der Waals surface area (Å²) in [5, 5.41) is 1.01. The molecule has 0 bridgehead atoms. The monoisotopic (exact) mass is 227 g/mol. The molecule has 84 valence electrons. The minimum atomic E-state index is -0.345. The van der Waals surface area contributed by atoms with Crippen molar-refractivity contribution in [1.82, 2.24) is 0 Å². The van der Waals surface area contributed by atoms with E-state index < -0.39 is 0 Å². The van der Waals surface area contributed by atoms with E-state index in [0.29, 0.717) is 17.0 Å². The third-order valence-electron chi connectivity index (χ3n) is 2.70. The van der Waals surface area contributed by atoms with Crippen molar-refractivity contribution < 1.29 is 8.81 Å². The molecule has 0 fully saturated rings. The number of rotatable bonds is 1. The number of hydrogen-bond acceptors (Lipinski definition) is 2. The SMILES string of the molecule is Nc1cc(F)ccc1-c1cc2ccccc2o1. The van der Waals surface area contributed by atoms with E-state index in [1.54, 1.807) is 6.07 Å². The van der Waals surface area contributed by atoms with E-state index in [1.165, 1.54) is 12.1 Å². The molecule has 0 spiro atoms. The Labute approximate surface area is 97.5 Å². The highest BCUT2D eigenvalue weighted by molar-refractivity contribution is 5.85. The second kappa shape index (κ2) is 3.63. The van der Waals surface area contributed by atoms with Crippen LogP contribution in [0, 0.1) is 5.82 Å². The lowest BCUT2D eigenvalue weighted by Crippen LogP contribution is -1.89. The molecule has 0 radical (unpaired) electrons. The standard InChI is InChI=1S/C14H10FNO/c15-10-5-6-11(12(16)8-10)14-7-9-3-1-2-4-13(9)17-14/h1-8H,16H2. The maximum Gasteiger partial charge on any atom is 0.137 e. The fraction of sp³-hybridized carbons (Fsp3) is 0. The van der Waals surface area contributed by atoms with E-state index in [4.69, 9.17) is 10.2 Å². The van der Waals surface area contributed by atoms with E-state index in [2.05, 4.69) is 0 Å². The first kappa shape index (κ1) is 9.90. The third-order valence-corrected chi connectivity index (χ3v) is 2.70. The minimum absolute atomic E-state index is 0.345. The fourth-order valence-corrected chi connectivity index (χ4v) is 1.87. The highest BCUT2D eigenvalue weighted by atomic mass is 19.1. The summed E-state index contributed by atoms with van der Waals surface area (Å²) < 4.78 is 18.6. The summed E-state index contributed by atoms with van der Waals surface area (Å²) in [5.41, 5.74) is 7.66. The van der Waals surface area contributed by atoms with Crippen LogP contribution >= 0.6 is 0 Å². The van der Waals surface area contributed by atoms with Crippen LogP contribution in [0.25, 0.3) is 22.3 Å². The third kappa shape index (κ3) is 1.65. The molecular weight excluding hydrogens is 217 g/mol. The Morgan fingerprint density at radius 1 is 1.00 bits per heavy atom. The van der Waals surface area contributed by atoms with Gasteiger partial charge in [0.1, 0.15) is 17.2 Å². The van der Waals surface area contributed by atoms with Gasteiger partial charge < -0.3 is 10.2 Å². The first-order valence-corrected chi connectivity index (χ1v) is 5.28. The molecule has 1 aromatic heterocycles. The van der Waals surface area contributed by atoms with Crippen LogP contribution in [-0.4, -0.2) is 0 Å². The zero-order chi connectivity index (χ0) is 11.8. The quantitative estimate of drug-likeness (QED) is 0.642. The molecule has 1 heterocycles. The molecule has 2 nitrogen and oxygen atoms in total. The van der Waals surface area contributed by atoms with E-state index >= 15 is 0 Å². The zero-order valence-corrected chi connectivity index (χ0v) is 8.98. The number of nitrogen functional groups attached to an aromatic ring is 1. The van der Waals surface area contributed by atoms with Crippen LogP contribution in [0.1, 0.15) is 0 Å². The van der Waals surface area contributed by atoms with Crippen LogP contribution in [0.5, 0.6) is 0 Å². The molecule has 0 amide bonds. The molecule has 0 aliphatic rings. The van der Waals surface area contributed by atoms with E-state index in [9.17, 15) is 4.39 Å². The van der Waals surface area contributed by atoms with E-state index in [0.717, 1.165) is 11.0 Å². The van der Waals surface area contributed by atoms with Gasteiger partial charge in [-0.05, 0) is 30.3 Å². The lowest BCUT2D eigenvalue weighted by Gasteiger charge is -2.01. The van der Waals surface area contributed by atoms with Crippen molar-refractivity contribution in [3.05, 3.63) is 54.3 Å². The molecule has 3 aromatic rings. The Kier molecular flexibility index (Phi) is 2.11. The van der Waals surface area contributed by atoms with Crippen LogP contribution in [0.2, 0.25) is 0 Å². The Bertz CT molecular complexity index is 655. The van der Waals surface area contributed by atoms with Gasteiger partial charge in [0.05, 0.1) is 0 Å². The van der Waals surface area contributed by atoms with Crippen molar-refractivity contribution in [3.8, 4) is 11.3 Å². The lowest BCUT2D eigenvalue weighted by atomic mass is 10.1. The number of para-hydroxylation sites is 1. The number of hydrogen-bond donors (Lipinski definition) is 1. The topological polar surface area (TPSA) is 39.2 Å². The van der Waals surface area contributed by atoms with Gasteiger partial charge in [0.15, 0.2) is 0 Å². The summed E-state index contributed by atoms with van der Waals surface area (Å²) in [4.78, 5) is 0. The highest BCUT2D eigenvalue weighted by Crippen LogP contribution is 2.31. The van der Waals surface area contributed by atoms with Gasteiger partial charge >= 0.3 is 0 Å². The van der Waals surface area contributed by atoms with Gasteiger partial charge in [-0.15, -0.1) is 0 Å². The second-order valence-electron chi connectivity index (χ2n) is 3.88. The fourth-order valence-electron chi connectivity index (χ4n) is 1.87. The van der Waals surface area contributed by atoms with Crippen LogP contribution < -0.4 is 5.73 Å². The van der Waals surface area contributed by atoms with Gasteiger partial charge in [-0.25, -0.2) is 4.39 Å². The highest BCUT2D eigenvalue weighted by Gasteiger charge is 2.09. The molecule has 17 heavy (non-hydrogen) atoms. The summed E-state index contributed by atoms with van der Waals surface area (Å²) in [5.74, 6) is 0.311. The molecule has 0 saturated carbocycles. The molecule has 0 aliphatic carbocycles. The maximum atomic E-state index is 13.0. The van der Waals surface area contributed by atoms with Gasteiger partial charge in [-0.2, -0.15) is 0 Å². The van der Waals surface area contributed by atoms with Crippen molar-refractivity contribution >= 4 is 16.7 Å². The molecule has 2 aromatic carbocycles. The number of fused-ring (bicyclic) bond motifs is 1. The Morgan fingerprint density at radius 3 is 2.59 bits per heavy atom. The number of halogens is 1. The van der Waals surface area contributed by atoms with E-state index in [1.807, 2.05) is 30.3 Å². The Morgan fingerprint density at radius 2 is 1.82 bits per heavy atom. The zero-order valence-electron chi connectivity index (χ0n) is 8.98. The molecule has 0 saturated heterocycles. The van der Waals surface area contributed by atoms with Crippen molar-refractivity contribution in [2.75, 3.05) is 5.73 Å². The summed E-state index contributed by atoms with van der Waals surface area (Å²) in [6, 6.07) is 13.9. The van der Waals surface area contributed by atoms with Gasteiger partial charge in [-0.3, -0.25) is 0 Å². The van der Waals surface area contributed by atoms with Crippen LogP contribution in [0.3, 0.4) is 0 Å². The molecule has 0 aliphatic heterocycles. The van der Waals surface area contributed by atoms with Gasteiger partial charge in [-0.1, -0.05) is 18.2 Å². The summed E-state index contributed by atoms with van der Waals surface area (Å²) in [6.45, 7) is 0. The number of anilines is 1.